The molecule has 1 N–H and O–H groups in total. The maximum absolute atomic E-state index is 11.1. The van der Waals surface area contributed by atoms with Crippen LogP contribution < -0.4 is 5.32 Å². The van der Waals surface area contributed by atoms with E-state index in [0.717, 1.165) is 17.9 Å². The van der Waals surface area contributed by atoms with Crippen molar-refractivity contribution in [2.75, 3.05) is 0 Å². The minimum absolute atomic E-state index is 0.0131. The van der Waals surface area contributed by atoms with Gasteiger partial charge in [0.25, 0.3) is 5.69 Å². The predicted octanol–water partition coefficient (Wildman–Crippen LogP) is 3.61. The molecule has 6 nitrogen and oxygen atoms in total. The average Bonchev–Trinajstić information content (AvgIpc) is 2.91. The van der Waals surface area contributed by atoms with Gasteiger partial charge >= 0.3 is 0 Å². The highest BCUT2D eigenvalue weighted by atomic mass is 16.6. The second-order valence-corrected chi connectivity index (χ2v) is 6.24. The molecule has 0 aliphatic rings. The average molecular weight is 316 g/mol. The normalized spacial score (nSPS) is 12.6. The molecule has 0 fully saturated rings. The fourth-order valence-electron chi connectivity index (χ4n) is 2.73. The summed E-state index contributed by atoms with van der Waals surface area (Å²) >= 11 is 0. The van der Waals surface area contributed by atoms with Crippen LogP contribution in [0, 0.1) is 23.0 Å². The van der Waals surface area contributed by atoms with Crippen molar-refractivity contribution in [2.45, 2.75) is 46.8 Å². The van der Waals surface area contributed by atoms with Gasteiger partial charge in [-0.25, -0.2) is 4.98 Å². The highest BCUT2D eigenvalue weighted by Crippen LogP contribution is 2.25. The first kappa shape index (κ1) is 17.1. The lowest BCUT2D eigenvalue weighted by molar-refractivity contribution is -0.385. The SMILES string of the molecule is Cc1c([C@@H](C)NCc2nccn2CC(C)C)cccc1[N+](=O)[O-]. The zero-order chi connectivity index (χ0) is 17.0. The summed E-state index contributed by atoms with van der Waals surface area (Å²) in [6.07, 6.45) is 3.79. The smallest absolute Gasteiger partial charge is 0.272 e. The first-order valence-electron chi connectivity index (χ1n) is 7.87. The maximum Gasteiger partial charge on any atom is 0.272 e. The number of imidazole rings is 1. The van der Waals surface area contributed by atoms with E-state index in [0.29, 0.717) is 18.0 Å². The molecule has 1 aromatic carbocycles. The number of nitrogens with zero attached hydrogens (tertiary/aromatic N) is 3. The van der Waals surface area contributed by atoms with Crippen LogP contribution in [0.25, 0.3) is 0 Å². The minimum Gasteiger partial charge on any atom is -0.334 e. The summed E-state index contributed by atoms with van der Waals surface area (Å²) in [7, 11) is 0. The van der Waals surface area contributed by atoms with Crippen molar-refractivity contribution in [3.05, 3.63) is 57.7 Å². The summed E-state index contributed by atoms with van der Waals surface area (Å²) < 4.78 is 2.14. The molecule has 6 heteroatoms. The third-order valence-electron chi connectivity index (χ3n) is 3.94. The number of nitro benzene ring substituents is 1. The second-order valence-electron chi connectivity index (χ2n) is 6.24. The first-order chi connectivity index (χ1) is 10.9. The van der Waals surface area contributed by atoms with Crippen molar-refractivity contribution in [2.24, 2.45) is 5.92 Å². The Kier molecular flexibility index (Phi) is 5.50. The van der Waals surface area contributed by atoms with Crippen LogP contribution in [0.2, 0.25) is 0 Å². The molecule has 0 spiro atoms. The van der Waals surface area contributed by atoms with Gasteiger partial charge in [-0.05, 0) is 25.3 Å². The van der Waals surface area contributed by atoms with E-state index in [1.54, 1.807) is 19.1 Å². The molecule has 2 rings (SSSR count). The molecule has 0 bridgehead atoms. The Morgan fingerprint density at radius 1 is 1.35 bits per heavy atom. The lowest BCUT2D eigenvalue weighted by Gasteiger charge is -2.17. The fourth-order valence-corrected chi connectivity index (χ4v) is 2.73. The van der Waals surface area contributed by atoms with E-state index >= 15 is 0 Å². The first-order valence-corrected chi connectivity index (χ1v) is 7.87. The van der Waals surface area contributed by atoms with E-state index < -0.39 is 0 Å². The summed E-state index contributed by atoms with van der Waals surface area (Å²) in [5.41, 5.74) is 1.82. The van der Waals surface area contributed by atoms with Crippen LogP contribution in [0.4, 0.5) is 5.69 Å². The molecule has 0 aliphatic carbocycles. The molecule has 1 heterocycles. The van der Waals surface area contributed by atoms with Crippen molar-refractivity contribution < 1.29 is 4.92 Å². The lowest BCUT2D eigenvalue weighted by atomic mass is 10.0. The van der Waals surface area contributed by atoms with Gasteiger partial charge in [-0.1, -0.05) is 26.0 Å². The number of hydrogen-bond donors (Lipinski definition) is 1. The van der Waals surface area contributed by atoms with Gasteiger partial charge in [-0.3, -0.25) is 10.1 Å². The molecule has 0 aliphatic heterocycles. The Labute approximate surface area is 136 Å². The van der Waals surface area contributed by atoms with Crippen molar-refractivity contribution >= 4 is 5.69 Å². The lowest BCUT2D eigenvalue weighted by Crippen LogP contribution is -2.22. The molecule has 0 radical (unpaired) electrons. The topological polar surface area (TPSA) is 73.0 Å². The van der Waals surface area contributed by atoms with Crippen molar-refractivity contribution in [3.63, 3.8) is 0 Å². The van der Waals surface area contributed by atoms with Gasteiger partial charge in [0, 0.05) is 36.6 Å². The highest BCUT2D eigenvalue weighted by Gasteiger charge is 2.17. The van der Waals surface area contributed by atoms with Gasteiger partial charge in [-0.15, -0.1) is 0 Å². The summed E-state index contributed by atoms with van der Waals surface area (Å²) in [5.74, 6) is 1.54. The van der Waals surface area contributed by atoms with Crippen LogP contribution in [-0.4, -0.2) is 14.5 Å². The van der Waals surface area contributed by atoms with E-state index in [2.05, 4.69) is 28.7 Å². The van der Waals surface area contributed by atoms with Gasteiger partial charge in [0.05, 0.1) is 11.5 Å². The summed E-state index contributed by atoms with van der Waals surface area (Å²) in [5, 5.41) is 14.5. The molecule has 1 aromatic heterocycles. The van der Waals surface area contributed by atoms with E-state index in [4.69, 9.17) is 0 Å². The van der Waals surface area contributed by atoms with E-state index in [-0.39, 0.29) is 16.7 Å². The maximum atomic E-state index is 11.1. The van der Waals surface area contributed by atoms with Gasteiger partial charge in [-0.2, -0.15) is 0 Å². The Hall–Kier alpha value is -2.21. The van der Waals surface area contributed by atoms with Crippen LogP contribution in [-0.2, 0) is 13.1 Å². The molecule has 2 aromatic rings. The number of rotatable bonds is 7. The Morgan fingerprint density at radius 3 is 2.74 bits per heavy atom. The largest absolute Gasteiger partial charge is 0.334 e. The molecule has 0 saturated carbocycles. The van der Waals surface area contributed by atoms with Crippen LogP contribution in [0.15, 0.2) is 30.6 Å². The fraction of sp³-hybridized carbons (Fsp3) is 0.471. The van der Waals surface area contributed by atoms with Crippen LogP contribution in [0.5, 0.6) is 0 Å². The number of benzene rings is 1. The van der Waals surface area contributed by atoms with Gasteiger partial charge in [0.2, 0.25) is 0 Å². The molecule has 0 amide bonds. The third kappa shape index (κ3) is 4.16. The van der Waals surface area contributed by atoms with Crippen molar-refractivity contribution in [1.82, 2.24) is 14.9 Å². The summed E-state index contributed by atoms with van der Waals surface area (Å²) in [4.78, 5) is 15.1. The van der Waals surface area contributed by atoms with Crippen molar-refractivity contribution in [3.8, 4) is 0 Å². The Bertz CT molecular complexity index is 679. The molecule has 1 atom stereocenters. The molecule has 23 heavy (non-hydrogen) atoms. The van der Waals surface area contributed by atoms with Gasteiger partial charge in [0.15, 0.2) is 0 Å². The Balaban J connectivity index is 2.09. The van der Waals surface area contributed by atoms with Crippen LogP contribution in [0.1, 0.15) is 43.8 Å². The highest BCUT2D eigenvalue weighted by molar-refractivity contribution is 5.45. The molecule has 0 saturated heterocycles. The number of nitro groups is 1. The standard InChI is InChI=1S/C17H24N4O2/c1-12(2)11-20-9-8-18-17(20)10-19-14(4)15-6-5-7-16(13(15)3)21(22)23/h5-9,12,14,19H,10-11H2,1-4H3/t14-/m1/s1. The monoisotopic (exact) mass is 316 g/mol. The van der Waals surface area contributed by atoms with Crippen LogP contribution >= 0.6 is 0 Å². The number of hydrogen-bond acceptors (Lipinski definition) is 4. The molecular weight excluding hydrogens is 292 g/mol. The number of aromatic nitrogens is 2. The molecule has 124 valence electrons. The zero-order valence-corrected chi connectivity index (χ0v) is 14.1. The quantitative estimate of drug-likeness (QED) is 0.625. The van der Waals surface area contributed by atoms with Crippen molar-refractivity contribution in [1.29, 1.82) is 0 Å². The molecule has 0 unspecified atom stereocenters. The van der Waals surface area contributed by atoms with Crippen LogP contribution in [0.3, 0.4) is 0 Å². The summed E-state index contributed by atoms with van der Waals surface area (Å²) in [6, 6.07) is 5.22. The van der Waals surface area contributed by atoms with E-state index in [9.17, 15) is 10.1 Å². The molecular formula is C17H24N4O2. The van der Waals surface area contributed by atoms with E-state index in [1.807, 2.05) is 25.4 Å². The predicted molar refractivity (Wildman–Crippen MR) is 90.2 cm³/mol. The Morgan fingerprint density at radius 2 is 2.09 bits per heavy atom. The second kappa shape index (κ2) is 7.37. The number of nitrogens with one attached hydrogen (secondary N) is 1. The minimum atomic E-state index is -0.332. The third-order valence-corrected chi connectivity index (χ3v) is 3.94. The zero-order valence-electron chi connectivity index (χ0n) is 14.1. The van der Waals surface area contributed by atoms with Gasteiger partial charge < -0.3 is 9.88 Å². The summed E-state index contributed by atoms with van der Waals surface area (Å²) in [6.45, 7) is 9.72. The van der Waals surface area contributed by atoms with E-state index in [1.165, 1.54) is 0 Å². The van der Waals surface area contributed by atoms with Gasteiger partial charge in [0.1, 0.15) is 5.82 Å².